The van der Waals surface area contributed by atoms with E-state index in [1.807, 2.05) is 31.5 Å². The molecule has 1 unspecified atom stereocenters. The van der Waals surface area contributed by atoms with Gasteiger partial charge < -0.3 is 4.57 Å². The molecule has 19 heavy (non-hydrogen) atoms. The van der Waals surface area contributed by atoms with E-state index in [4.69, 9.17) is 17.4 Å². The van der Waals surface area contributed by atoms with Crippen molar-refractivity contribution in [3.05, 3.63) is 52.6 Å². The van der Waals surface area contributed by atoms with E-state index in [0.29, 0.717) is 0 Å². The number of hydrogen-bond acceptors (Lipinski definition) is 3. The third-order valence-electron chi connectivity index (χ3n) is 3.20. The van der Waals surface area contributed by atoms with Crippen molar-refractivity contribution in [1.29, 1.82) is 0 Å². The van der Waals surface area contributed by atoms with Gasteiger partial charge in [-0.2, -0.15) is 0 Å². The lowest BCUT2D eigenvalue weighted by molar-refractivity contribution is 0.523. The van der Waals surface area contributed by atoms with Crippen LogP contribution in [0.1, 0.15) is 29.9 Å². The van der Waals surface area contributed by atoms with Gasteiger partial charge in [0.2, 0.25) is 0 Å². The average Bonchev–Trinajstić information content (AvgIpc) is 2.81. The molecular formula is C14H19ClN4. The van der Waals surface area contributed by atoms with E-state index < -0.39 is 0 Å². The van der Waals surface area contributed by atoms with Gasteiger partial charge in [0, 0.05) is 30.4 Å². The van der Waals surface area contributed by atoms with Gasteiger partial charge in [-0.05, 0) is 37.1 Å². The van der Waals surface area contributed by atoms with Crippen LogP contribution in [-0.2, 0) is 13.0 Å². The smallest absolute Gasteiger partial charge is 0.110 e. The van der Waals surface area contributed by atoms with Crippen molar-refractivity contribution in [2.75, 3.05) is 0 Å². The molecule has 0 fully saturated rings. The second-order valence-electron chi connectivity index (χ2n) is 4.61. The molecule has 4 nitrogen and oxygen atoms in total. The first kappa shape index (κ1) is 14.1. The Labute approximate surface area is 118 Å². The largest absolute Gasteiger partial charge is 0.335 e. The lowest BCUT2D eigenvalue weighted by atomic mass is 10.0. The van der Waals surface area contributed by atoms with Crippen LogP contribution in [0.15, 0.2) is 30.6 Å². The first-order valence-corrected chi connectivity index (χ1v) is 6.75. The predicted octanol–water partition coefficient (Wildman–Crippen LogP) is 2.61. The molecule has 1 aromatic carbocycles. The van der Waals surface area contributed by atoms with Crippen molar-refractivity contribution in [3.63, 3.8) is 0 Å². The van der Waals surface area contributed by atoms with E-state index in [-0.39, 0.29) is 6.04 Å². The minimum absolute atomic E-state index is 0.00472. The van der Waals surface area contributed by atoms with E-state index >= 15 is 0 Å². The number of hydrogen-bond donors (Lipinski definition) is 2. The maximum Gasteiger partial charge on any atom is 0.110 e. The zero-order chi connectivity index (χ0) is 13.8. The third kappa shape index (κ3) is 3.35. The summed E-state index contributed by atoms with van der Waals surface area (Å²) in [5.74, 6) is 6.70. The van der Waals surface area contributed by atoms with E-state index in [0.717, 1.165) is 34.9 Å². The second kappa shape index (κ2) is 6.19. The molecule has 0 amide bonds. The number of imidazole rings is 1. The van der Waals surface area contributed by atoms with Crippen molar-refractivity contribution < 1.29 is 0 Å². The van der Waals surface area contributed by atoms with Crippen molar-refractivity contribution in [2.24, 2.45) is 5.84 Å². The first-order valence-electron chi connectivity index (χ1n) is 6.37. The molecule has 0 spiro atoms. The number of hydrazine groups is 1. The summed E-state index contributed by atoms with van der Waals surface area (Å²) in [4.78, 5) is 4.38. The van der Waals surface area contributed by atoms with E-state index in [2.05, 4.69) is 28.0 Å². The van der Waals surface area contributed by atoms with Gasteiger partial charge in [-0.1, -0.05) is 17.7 Å². The lowest BCUT2D eigenvalue weighted by Gasteiger charge is -2.17. The van der Waals surface area contributed by atoms with Crippen LogP contribution in [0.2, 0.25) is 5.02 Å². The summed E-state index contributed by atoms with van der Waals surface area (Å²) in [6.45, 7) is 5.02. The fourth-order valence-corrected chi connectivity index (χ4v) is 2.54. The Hall–Kier alpha value is -1.36. The molecule has 0 bridgehead atoms. The molecule has 3 N–H and O–H groups in total. The highest BCUT2D eigenvalue weighted by molar-refractivity contribution is 6.30. The standard InChI is InChI=1S/C14H19ClN4/c1-3-19-5-4-17-14(19)9-13(18-16)11-6-10(2)7-12(15)8-11/h4-8,13,18H,3,9,16H2,1-2H3. The normalized spacial score (nSPS) is 12.6. The number of nitrogens with two attached hydrogens (primary N) is 1. The lowest BCUT2D eigenvalue weighted by Crippen LogP contribution is -2.30. The number of nitrogens with one attached hydrogen (secondary N) is 1. The highest BCUT2D eigenvalue weighted by Crippen LogP contribution is 2.22. The summed E-state index contributed by atoms with van der Waals surface area (Å²) in [7, 11) is 0. The summed E-state index contributed by atoms with van der Waals surface area (Å²) >= 11 is 6.10. The summed E-state index contributed by atoms with van der Waals surface area (Å²) < 4.78 is 2.11. The van der Waals surface area contributed by atoms with Crippen LogP contribution >= 0.6 is 11.6 Å². The molecule has 0 saturated carbocycles. The van der Waals surface area contributed by atoms with Crippen molar-refractivity contribution in [2.45, 2.75) is 32.9 Å². The molecule has 0 saturated heterocycles. The molecule has 2 aromatic rings. The van der Waals surface area contributed by atoms with Crippen molar-refractivity contribution >= 4 is 11.6 Å². The molecule has 102 valence electrons. The molecule has 1 heterocycles. The number of nitrogens with zero attached hydrogens (tertiary/aromatic N) is 2. The van der Waals surface area contributed by atoms with Crippen LogP contribution in [0, 0.1) is 6.92 Å². The predicted molar refractivity (Wildman–Crippen MR) is 77.9 cm³/mol. The fourth-order valence-electron chi connectivity index (χ4n) is 2.24. The van der Waals surface area contributed by atoms with E-state index in [1.165, 1.54) is 0 Å². The molecule has 5 heteroatoms. The molecule has 0 radical (unpaired) electrons. The fraction of sp³-hybridized carbons (Fsp3) is 0.357. The van der Waals surface area contributed by atoms with Crippen LogP contribution in [0.25, 0.3) is 0 Å². The minimum Gasteiger partial charge on any atom is -0.335 e. The summed E-state index contributed by atoms with van der Waals surface area (Å²) in [5.41, 5.74) is 5.06. The topological polar surface area (TPSA) is 55.9 Å². The summed E-state index contributed by atoms with van der Waals surface area (Å²) in [6, 6.07) is 5.98. The van der Waals surface area contributed by atoms with Crippen LogP contribution < -0.4 is 11.3 Å². The van der Waals surface area contributed by atoms with Crippen LogP contribution in [0.4, 0.5) is 0 Å². The van der Waals surface area contributed by atoms with Gasteiger partial charge in [0.1, 0.15) is 5.82 Å². The Kier molecular flexibility index (Phi) is 4.58. The molecule has 2 rings (SSSR count). The highest BCUT2D eigenvalue weighted by Gasteiger charge is 2.14. The Morgan fingerprint density at radius 2 is 2.21 bits per heavy atom. The molecule has 1 atom stereocenters. The van der Waals surface area contributed by atoms with Gasteiger partial charge in [-0.25, -0.2) is 4.98 Å². The minimum atomic E-state index is 0.00472. The molecule has 1 aromatic heterocycles. The average molecular weight is 279 g/mol. The Bertz CT molecular complexity index is 530. The van der Waals surface area contributed by atoms with E-state index in [1.54, 1.807) is 0 Å². The van der Waals surface area contributed by atoms with Crippen molar-refractivity contribution in [1.82, 2.24) is 15.0 Å². The van der Waals surface area contributed by atoms with Crippen LogP contribution in [0.3, 0.4) is 0 Å². The van der Waals surface area contributed by atoms with Gasteiger partial charge in [0.05, 0.1) is 6.04 Å². The maximum atomic E-state index is 6.10. The van der Waals surface area contributed by atoms with Gasteiger partial charge in [-0.15, -0.1) is 0 Å². The summed E-state index contributed by atoms with van der Waals surface area (Å²) in [6.07, 6.45) is 4.53. The Morgan fingerprint density at radius 3 is 2.84 bits per heavy atom. The van der Waals surface area contributed by atoms with Crippen LogP contribution in [0.5, 0.6) is 0 Å². The second-order valence-corrected chi connectivity index (χ2v) is 5.05. The van der Waals surface area contributed by atoms with Gasteiger partial charge >= 0.3 is 0 Å². The number of aryl methyl sites for hydroxylation is 2. The van der Waals surface area contributed by atoms with Gasteiger partial charge in [-0.3, -0.25) is 11.3 Å². The third-order valence-corrected chi connectivity index (χ3v) is 3.42. The highest BCUT2D eigenvalue weighted by atomic mass is 35.5. The Balaban J connectivity index is 2.25. The molecule has 0 aliphatic heterocycles. The van der Waals surface area contributed by atoms with Crippen molar-refractivity contribution in [3.8, 4) is 0 Å². The number of halogens is 1. The molecular weight excluding hydrogens is 260 g/mol. The first-order chi connectivity index (χ1) is 9.13. The molecule has 0 aliphatic rings. The zero-order valence-corrected chi connectivity index (χ0v) is 12.0. The van der Waals surface area contributed by atoms with Gasteiger partial charge in [0.15, 0.2) is 0 Å². The maximum absolute atomic E-state index is 6.10. The summed E-state index contributed by atoms with van der Waals surface area (Å²) in [5, 5.41) is 0.731. The number of rotatable bonds is 5. The monoisotopic (exact) mass is 278 g/mol. The zero-order valence-electron chi connectivity index (χ0n) is 11.2. The number of benzene rings is 1. The van der Waals surface area contributed by atoms with Crippen LogP contribution in [-0.4, -0.2) is 9.55 Å². The van der Waals surface area contributed by atoms with E-state index in [9.17, 15) is 0 Å². The number of aromatic nitrogens is 2. The van der Waals surface area contributed by atoms with Gasteiger partial charge in [0.25, 0.3) is 0 Å². The Morgan fingerprint density at radius 1 is 1.42 bits per heavy atom. The molecule has 0 aliphatic carbocycles. The quantitative estimate of drug-likeness (QED) is 0.653. The SMILES string of the molecule is CCn1ccnc1CC(NN)c1cc(C)cc(Cl)c1.